The molecule has 0 spiro atoms. The largest absolute Gasteiger partial charge is 0.357 e. The number of aromatic nitrogens is 2. The molecule has 3 N–H and O–H groups in total. The number of anilines is 3. The zero-order valence-electron chi connectivity index (χ0n) is 12.5. The molecule has 0 aliphatic rings. The minimum Gasteiger partial charge on any atom is -0.357 e. The molecule has 22 heavy (non-hydrogen) atoms. The van der Waals surface area contributed by atoms with Crippen LogP contribution in [0.3, 0.4) is 0 Å². The average molecular weight is 321 g/mol. The van der Waals surface area contributed by atoms with Gasteiger partial charge in [-0.05, 0) is 44.2 Å². The quantitative estimate of drug-likeness (QED) is 0.840. The third kappa shape index (κ3) is 3.92. The van der Waals surface area contributed by atoms with Crippen LogP contribution in [0.4, 0.5) is 17.5 Å². The van der Waals surface area contributed by atoms with E-state index in [0.29, 0.717) is 11.6 Å². The summed E-state index contributed by atoms with van der Waals surface area (Å²) >= 11 is 0. The van der Waals surface area contributed by atoms with E-state index in [2.05, 4.69) is 34.0 Å². The Bertz CT molecular complexity index is 727. The van der Waals surface area contributed by atoms with Gasteiger partial charge in [0.2, 0.25) is 16.0 Å². The predicted molar refractivity (Wildman–Crippen MR) is 86.7 cm³/mol. The molecule has 0 saturated heterocycles. The standard InChI is InChI=1S/C14H19N5O2S/c1-3-19(4-2)13-9-10-16-14(18-13)17-11-5-7-12(8-6-11)22(15,20)21/h5-10H,3-4H2,1-2H3,(H2,15,20,21)(H,16,17,18). The molecule has 0 amide bonds. The van der Waals surface area contributed by atoms with Crippen LogP contribution >= 0.6 is 0 Å². The molecular weight excluding hydrogens is 302 g/mol. The van der Waals surface area contributed by atoms with Crippen molar-refractivity contribution in [3.8, 4) is 0 Å². The number of nitrogens with one attached hydrogen (secondary N) is 1. The van der Waals surface area contributed by atoms with Crippen LogP contribution in [0.2, 0.25) is 0 Å². The van der Waals surface area contributed by atoms with Gasteiger partial charge in [0.25, 0.3) is 0 Å². The lowest BCUT2D eigenvalue weighted by atomic mass is 10.3. The number of benzene rings is 1. The Balaban J connectivity index is 2.19. The highest BCUT2D eigenvalue weighted by atomic mass is 32.2. The molecule has 8 heteroatoms. The summed E-state index contributed by atoms with van der Waals surface area (Å²) in [7, 11) is -3.68. The number of sulfonamides is 1. The lowest BCUT2D eigenvalue weighted by Gasteiger charge is -2.19. The number of rotatable bonds is 6. The van der Waals surface area contributed by atoms with Crippen LogP contribution in [0.25, 0.3) is 0 Å². The van der Waals surface area contributed by atoms with E-state index >= 15 is 0 Å². The maximum atomic E-state index is 11.2. The molecule has 1 aromatic heterocycles. The van der Waals surface area contributed by atoms with Gasteiger partial charge in [-0.2, -0.15) is 4.98 Å². The molecule has 2 rings (SSSR count). The van der Waals surface area contributed by atoms with E-state index in [1.807, 2.05) is 6.07 Å². The summed E-state index contributed by atoms with van der Waals surface area (Å²) in [6.07, 6.45) is 1.68. The van der Waals surface area contributed by atoms with Crippen molar-refractivity contribution in [1.82, 2.24) is 9.97 Å². The van der Waals surface area contributed by atoms with E-state index in [9.17, 15) is 8.42 Å². The highest BCUT2D eigenvalue weighted by Gasteiger charge is 2.08. The first kappa shape index (κ1) is 16.2. The van der Waals surface area contributed by atoms with Crippen molar-refractivity contribution in [2.45, 2.75) is 18.7 Å². The first-order chi connectivity index (χ1) is 10.4. The van der Waals surface area contributed by atoms with Crippen LogP contribution < -0.4 is 15.4 Å². The normalized spacial score (nSPS) is 11.2. The van der Waals surface area contributed by atoms with Crippen LogP contribution in [-0.4, -0.2) is 31.5 Å². The SMILES string of the molecule is CCN(CC)c1ccnc(Nc2ccc(S(N)(=O)=O)cc2)n1. The van der Waals surface area contributed by atoms with Crippen LogP contribution in [0.15, 0.2) is 41.4 Å². The van der Waals surface area contributed by atoms with Gasteiger partial charge in [0, 0.05) is 25.0 Å². The lowest BCUT2D eigenvalue weighted by Crippen LogP contribution is -2.23. The average Bonchev–Trinajstić information content (AvgIpc) is 2.48. The van der Waals surface area contributed by atoms with E-state index in [4.69, 9.17) is 5.14 Å². The van der Waals surface area contributed by atoms with Gasteiger partial charge < -0.3 is 10.2 Å². The number of hydrogen-bond acceptors (Lipinski definition) is 6. The third-order valence-corrected chi connectivity index (χ3v) is 4.10. The number of nitrogens with two attached hydrogens (primary N) is 1. The highest BCUT2D eigenvalue weighted by molar-refractivity contribution is 7.89. The maximum Gasteiger partial charge on any atom is 0.238 e. The fourth-order valence-corrected chi connectivity index (χ4v) is 2.51. The van der Waals surface area contributed by atoms with Gasteiger partial charge in [0.1, 0.15) is 5.82 Å². The Morgan fingerprint density at radius 1 is 1.14 bits per heavy atom. The van der Waals surface area contributed by atoms with Crippen molar-refractivity contribution < 1.29 is 8.42 Å². The molecule has 0 fully saturated rings. The predicted octanol–water partition coefficient (Wildman–Crippen LogP) is 1.71. The summed E-state index contributed by atoms with van der Waals surface area (Å²) in [5, 5.41) is 8.11. The minimum absolute atomic E-state index is 0.0656. The van der Waals surface area contributed by atoms with Crippen molar-refractivity contribution >= 4 is 27.5 Å². The van der Waals surface area contributed by atoms with E-state index < -0.39 is 10.0 Å². The number of primary sulfonamides is 1. The summed E-state index contributed by atoms with van der Waals surface area (Å²) in [5.41, 5.74) is 0.684. The van der Waals surface area contributed by atoms with E-state index in [-0.39, 0.29) is 4.90 Å². The van der Waals surface area contributed by atoms with Crippen molar-refractivity contribution in [3.63, 3.8) is 0 Å². The fourth-order valence-electron chi connectivity index (χ4n) is 1.99. The Kier molecular flexibility index (Phi) is 4.94. The molecule has 1 heterocycles. The third-order valence-electron chi connectivity index (χ3n) is 3.17. The molecule has 118 valence electrons. The van der Waals surface area contributed by atoms with Gasteiger partial charge in [0.15, 0.2) is 0 Å². The van der Waals surface area contributed by atoms with Crippen LogP contribution in [0, 0.1) is 0 Å². The summed E-state index contributed by atoms with van der Waals surface area (Å²) in [6, 6.07) is 7.96. The van der Waals surface area contributed by atoms with E-state index in [1.165, 1.54) is 12.1 Å². The monoisotopic (exact) mass is 321 g/mol. The van der Waals surface area contributed by atoms with Gasteiger partial charge in [0.05, 0.1) is 4.90 Å². The summed E-state index contributed by atoms with van der Waals surface area (Å²) in [6.45, 7) is 5.83. The molecule has 0 unspecified atom stereocenters. The smallest absolute Gasteiger partial charge is 0.238 e. The van der Waals surface area contributed by atoms with Crippen molar-refractivity contribution in [2.75, 3.05) is 23.3 Å². The number of nitrogens with zero attached hydrogens (tertiary/aromatic N) is 3. The van der Waals surface area contributed by atoms with Crippen LogP contribution in [-0.2, 0) is 10.0 Å². The molecule has 1 aromatic carbocycles. The summed E-state index contributed by atoms with van der Waals surface area (Å²) in [4.78, 5) is 10.8. The van der Waals surface area contributed by atoms with Gasteiger partial charge in [-0.15, -0.1) is 0 Å². The minimum atomic E-state index is -3.68. The maximum absolute atomic E-state index is 11.2. The molecular formula is C14H19N5O2S. The lowest BCUT2D eigenvalue weighted by molar-refractivity contribution is 0.598. The molecule has 0 aliphatic carbocycles. The Labute approximate surface area is 130 Å². The van der Waals surface area contributed by atoms with Gasteiger partial charge >= 0.3 is 0 Å². The van der Waals surface area contributed by atoms with Gasteiger partial charge in [-0.3, -0.25) is 0 Å². The van der Waals surface area contributed by atoms with Crippen LogP contribution in [0.5, 0.6) is 0 Å². The molecule has 0 saturated carbocycles. The molecule has 0 aliphatic heterocycles. The fraction of sp³-hybridized carbons (Fsp3) is 0.286. The molecule has 0 atom stereocenters. The van der Waals surface area contributed by atoms with E-state index in [1.54, 1.807) is 18.3 Å². The van der Waals surface area contributed by atoms with E-state index in [0.717, 1.165) is 18.9 Å². The molecule has 0 radical (unpaired) electrons. The second-order valence-electron chi connectivity index (χ2n) is 4.61. The Hall–Kier alpha value is -2.19. The van der Waals surface area contributed by atoms with Crippen molar-refractivity contribution in [3.05, 3.63) is 36.5 Å². The summed E-state index contributed by atoms with van der Waals surface area (Å²) in [5.74, 6) is 1.29. The molecule has 0 bridgehead atoms. The zero-order valence-corrected chi connectivity index (χ0v) is 13.3. The highest BCUT2D eigenvalue weighted by Crippen LogP contribution is 2.18. The summed E-state index contributed by atoms with van der Waals surface area (Å²) < 4.78 is 22.4. The van der Waals surface area contributed by atoms with Gasteiger partial charge in [-0.25, -0.2) is 18.5 Å². The second-order valence-corrected chi connectivity index (χ2v) is 6.17. The van der Waals surface area contributed by atoms with Crippen LogP contribution in [0.1, 0.15) is 13.8 Å². The van der Waals surface area contributed by atoms with Gasteiger partial charge in [-0.1, -0.05) is 0 Å². The molecule has 2 aromatic rings. The van der Waals surface area contributed by atoms with Crippen molar-refractivity contribution in [1.29, 1.82) is 0 Å². The first-order valence-corrected chi connectivity index (χ1v) is 8.46. The zero-order chi connectivity index (χ0) is 16.2. The Morgan fingerprint density at radius 3 is 2.32 bits per heavy atom. The van der Waals surface area contributed by atoms with Crippen molar-refractivity contribution in [2.24, 2.45) is 5.14 Å². The molecule has 7 nitrogen and oxygen atoms in total. The Morgan fingerprint density at radius 2 is 1.77 bits per heavy atom. The first-order valence-electron chi connectivity index (χ1n) is 6.92. The topological polar surface area (TPSA) is 101 Å². The second kappa shape index (κ2) is 6.71. The number of hydrogen-bond donors (Lipinski definition) is 2.